The zero-order chi connectivity index (χ0) is 24.1. The fourth-order valence-corrected chi connectivity index (χ4v) is 3.36. The van der Waals surface area contributed by atoms with Gasteiger partial charge in [-0.05, 0) is 18.2 Å². The lowest BCUT2D eigenvalue weighted by molar-refractivity contribution is -0.385. The van der Waals surface area contributed by atoms with Crippen LogP contribution in [-0.4, -0.2) is 34.5 Å². The van der Waals surface area contributed by atoms with E-state index in [-0.39, 0.29) is 29.4 Å². The summed E-state index contributed by atoms with van der Waals surface area (Å²) in [5.74, 6) is 2.62. The van der Waals surface area contributed by atoms with Crippen molar-refractivity contribution in [2.75, 3.05) is 13.7 Å². The predicted molar refractivity (Wildman–Crippen MR) is 128 cm³/mol. The van der Waals surface area contributed by atoms with Gasteiger partial charge in [0.2, 0.25) is 5.75 Å². The molecule has 0 aliphatic heterocycles. The number of methoxy groups -OCH3 is 1. The summed E-state index contributed by atoms with van der Waals surface area (Å²) in [6.45, 7) is -0.163. The topological polar surface area (TPSA) is 109 Å². The Morgan fingerprint density at radius 3 is 2.62 bits per heavy atom. The summed E-state index contributed by atoms with van der Waals surface area (Å²) < 4.78 is 11.7. The molecule has 0 saturated carbocycles. The number of hydrogen-bond acceptors (Lipinski definition) is 7. The van der Waals surface area contributed by atoms with Gasteiger partial charge in [0.05, 0.1) is 29.2 Å². The van der Waals surface area contributed by atoms with Crippen LogP contribution in [0.3, 0.4) is 0 Å². The molecule has 0 radical (unpaired) electrons. The van der Waals surface area contributed by atoms with Gasteiger partial charge in [-0.3, -0.25) is 14.9 Å². The molecule has 0 atom stereocenters. The van der Waals surface area contributed by atoms with E-state index in [9.17, 15) is 14.9 Å². The lowest BCUT2D eigenvalue weighted by Crippen LogP contribution is -2.20. The summed E-state index contributed by atoms with van der Waals surface area (Å²) in [5, 5.41) is 16.4. The normalized spacial score (nSPS) is 10.8. The van der Waals surface area contributed by atoms with Crippen LogP contribution in [0.1, 0.15) is 5.56 Å². The standard InChI is InChI=1S/C25H18N4O5/c1-3-13-34-23-21(29(31)32)14-17(15-22(23)33-2)16-26-28-24(18-9-5-4-6-10-18)27-20-12-8-7-11-19(20)25(28)30/h1,4-12,14-16H,13H2,2H3. The molecule has 1 aromatic heterocycles. The summed E-state index contributed by atoms with van der Waals surface area (Å²) in [7, 11) is 1.36. The summed E-state index contributed by atoms with van der Waals surface area (Å²) in [5.41, 5.74) is 0.810. The summed E-state index contributed by atoms with van der Waals surface area (Å²) in [4.78, 5) is 28.9. The van der Waals surface area contributed by atoms with Crippen molar-refractivity contribution in [1.29, 1.82) is 0 Å². The monoisotopic (exact) mass is 454 g/mol. The third-order valence-electron chi connectivity index (χ3n) is 4.88. The first-order chi connectivity index (χ1) is 16.5. The second kappa shape index (κ2) is 9.67. The van der Waals surface area contributed by atoms with Crippen LogP contribution in [0.5, 0.6) is 11.5 Å². The number of nitro benzene ring substituents is 1. The fourth-order valence-electron chi connectivity index (χ4n) is 3.36. The Bertz CT molecular complexity index is 1500. The highest BCUT2D eigenvalue weighted by Crippen LogP contribution is 2.38. The van der Waals surface area contributed by atoms with Crippen LogP contribution in [0.15, 0.2) is 76.6 Å². The maximum atomic E-state index is 13.3. The molecule has 34 heavy (non-hydrogen) atoms. The van der Waals surface area contributed by atoms with Gasteiger partial charge in [0.15, 0.2) is 11.6 Å². The lowest BCUT2D eigenvalue weighted by atomic mass is 10.2. The lowest BCUT2D eigenvalue weighted by Gasteiger charge is -2.11. The molecular weight excluding hydrogens is 436 g/mol. The van der Waals surface area contributed by atoms with Crippen molar-refractivity contribution in [1.82, 2.24) is 9.66 Å². The first kappa shape index (κ1) is 22.2. The average Bonchev–Trinajstić information content (AvgIpc) is 2.87. The van der Waals surface area contributed by atoms with E-state index in [1.54, 1.807) is 24.3 Å². The number of nitrogens with zero attached hydrogens (tertiary/aromatic N) is 4. The molecule has 0 aliphatic carbocycles. The van der Waals surface area contributed by atoms with Crippen molar-refractivity contribution >= 4 is 22.8 Å². The largest absolute Gasteiger partial charge is 0.493 e. The van der Waals surface area contributed by atoms with E-state index in [1.807, 2.05) is 30.3 Å². The molecule has 0 bridgehead atoms. The van der Waals surface area contributed by atoms with Crippen molar-refractivity contribution in [3.63, 3.8) is 0 Å². The maximum Gasteiger partial charge on any atom is 0.315 e. The maximum absolute atomic E-state index is 13.3. The molecule has 4 aromatic rings. The Morgan fingerprint density at radius 1 is 1.18 bits per heavy atom. The van der Waals surface area contributed by atoms with Gasteiger partial charge in [0.25, 0.3) is 5.56 Å². The first-order valence-corrected chi connectivity index (χ1v) is 10.1. The molecule has 9 nitrogen and oxygen atoms in total. The molecule has 0 N–H and O–H groups in total. The zero-order valence-electron chi connectivity index (χ0n) is 18.0. The minimum atomic E-state index is -0.606. The third kappa shape index (κ3) is 4.33. The highest BCUT2D eigenvalue weighted by atomic mass is 16.6. The van der Waals surface area contributed by atoms with Crippen LogP contribution >= 0.6 is 0 Å². The second-order valence-corrected chi connectivity index (χ2v) is 7.00. The Labute approximate surface area is 194 Å². The van der Waals surface area contributed by atoms with Crippen LogP contribution in [0.25, 0.3) is 22.3 Å². The van der Waals surface area contributed by atoms with E-state index in [0.717, 1.165) is 0 Å². The van der Waals surface area contributed by atoms with E-state index in [4.69, 9.17) is 15.9 Å². The smallest absolute Gasteiger partial charge is 0.315 e. The molecule has 3 aromatic carbocycles. The van der Waals surface area contributed by atoms with E-state index >= 15 is 0 Å². The third-order valence-corrected chi connectivity index (χ3v) is 4.88. The number of terminal acetylenes is 1. The van der Waals surface area contributed by atoms with Gasteiger partial charge in [0, 0.05) is 17.2 Å². The minimum Gasteiger partial charge on any atom is -0.493 e. The minimum absolute atomic E-state index is 0.0860. The van der Waals surface area contributed by atoms with Crippen LogP contribution in [0, 0.1) is 22.5 Å². The van der Waals surface area contributed by atoms with Crippen molar-refractivity contribution in [3.05, 3.63) is 92.8 Å². The molecule has 168 valence electrons. The van der Waals surface area contributed by atoms with Crippen LogP contribution in [-0.2, 0) is 0 Å². The second-order valence-electron chi connectivity index (χ2n) is 7.00. The van der Waals surface area contributed by atoms with Crippen molar-refractivity contribution in [2.24, 2.45) is 5.10 Å². The number of aromatic nitrogens is 2. The molecule has 0 spiro atoms. The van der Waals surface area contributed by atoms with E-state index in [0.29, 0.717) is 27.9 Å². The SMILES string of the molecule is C#CCOc1c(OC)cc(C=Nn2c(-c3ccccc3)nc3ccccc3c2=O)cc1[N+](=O)[O-]. The number of rotatable bonds is 7. The van der Waals surface area contributed by atoms with Gasteiger partial charge < -0.3 is 9.47 Å². The molecule has 9 heteroatoms. The molecule has 0 unspecified atom stereocenters. The summed E-state index contributed by atoms with van der Waals surface area (Å²) >= 11 is 0. The molecular formula is C25H18N4O5. The Kier molecular flexibility index (Phi) is 6.32. The first-order valence-electron chi connectivity index (χ1n) is 10.1. The molecule has 1 heterocycles. The predicted octanol–water partition coefficient (Wildman–Crippen LogP) is 3.87. The molecule has 0 amide bonds. The summed E-state index contributed by atoms with van der Waals surface area (Å²) in [6.07, 6.45) is 6.53. The molecule has 0 aliphatic rings. The zero-order valence-corrected chi connectivity index (χ0v) is 18.0. The number of hydrogen-bond donors (Lipinski definition) is 0. The van der Waals surface area contributed by atoms with Gasteiger partial charge >= 0.3 is 5.69 Å². The van der Waals surface area contributed by atoms with Crippen molar-refractivity contribution < 1.29 is 14.4 Å². The number of ether oxygens (including phenoxy) is 2. The quantitative estimate of drug-likeness (QED) is 0.181. The highest BCUT2D eigenvalue weighted by molar-refractivity contribution is 5.84. The fraction of sp³-hybridized carbons (Fsp3) is 0.0800. The van der Waals surface area contributed by atoms with Gasteiger partial charge in [-0.15, -0.1) is 6.42 Å². The van der Waals surface area contributed by atoms with Gasteiger partial charge in [0.1, 0.15) is 6.61 Å². The van der Waals surface area contributed by atoms with E-state index in [2.05, 4.69) is 16.0 Å². The van der Waals surface area contributed by atoms with E-state index in [1.165, 1.54) is 30.1 Å². The number of benzene rings is 3. The Hall–Kier alpha value is -4.97. The summed E-state index contributed by atoms with van der Waals surface area (Å²) in [6, 6.07) is 18.9. The Morgan fingerprint density at radius 2 is 1.91 bits per heavy atom. The van der Waals surface area contributed by atoms with Crippen LogP contribution in [0.4, 0.5) is 5.69 Å². The number of para-hydroxylation sites is 1. The van der Waals surface area contributed by atoms with Crippen LogP contribution in [0.2, 0.25) is 0 Å². The van der Waals surface area contributed by atoms with Gasteiger partial charge in [-0.25, -0.2) is 4.98 Å². The van der Waals surface area contributed by atoms with Crippen molar-refractivity contribution in [3.8, 4) is 35.2 Å². The molecule has 0 saturated heterocycles. The number of fused-ring (bicyclic) bond motifs is 1. The average molecular weight is 454 g/mol. The van der Waals surface area contributed by atoms with Crippen LogP contribution < -0.4 is 15.0 Å². The number of nitro groups is 1. The Balaban J connectivity index is 1.88. The van der Waals surface area contributed by atoms with Crippen molar-refractivity contribution in [2.45, 2.75) is 0 Å². The van der Waals surface area contributed by atoms with Gasteiger partial charge in [-0.2, -0.15) is 9.78 Å². The van der Waals surface area contributed by atoms with Gasteiger partial charge in [-0.1, -0.05) is 48.4 Å². The molecule has 4 rings (SSSR count). The van der Waals surface area contributed by atoms with E-state index < -0.39 is 4.92 Å². The highest BCUT2D eigenvalue weighted by Gasteiger charge is 2.22. The molecule has 0 fully saturated rings.